The normalized spacial score (nSPS) is 14.2. The van der Waals surface area contributed by atoms with Crippen LogP contribution in [0.3, 0.4) is 0 Å². The lowest BCUT2D eigenvalue weighted by Crippen LogP contribution is -2.32. The van der Waals surface area contributed by atoms with Crippen LogP contribution >= 0.6 is 15.9 Å². The summed E-state index contributed by atoms with van der Waals surface area (Å²) in [6.45, 7) is 6.64. The highest BCUT2D eigenvalue weighted by atomic mass is 79.9. The van der Waals surface area contributed by atoms with Gasteiger partial charge < -0.3 is 19.9 Å². The van der Waals surface area contributed by atoms with Gasteiger partial charge in [0, 0.05) is 23.7 Å². The Morgan fingerprint density at radius 3 is 2.50 bits per heavy atom. The third kappa shape index (κ3) is 7.36. The summed E-state index contributed by atoms with van der Waals surface area (Å²) in [6, 6.07) is 8.35. The number of hydrogen-bond donors (Lipinski definition) is 2. The molecule has 4 nitrogen and oxygen atoms in total. The monoisotopic (exact) mass is 345 g/mol. The van der Waals surface area contributed by atoms with E-state index in [9.17, 15) is 5.11 Å². The van der Waals surface area contributed by atoms with Crippen molar-refractivity contribution in [1.82, 2.24) is 5.32 Å². The highest BCUT2D eigenvalue weighted by Gasteiger charge is 2.08. The minimum atomic E-state index is -0.505. The second kappa shape index (κ2) is 10.3. The maximum absolute atomic E-state index is 9.81. The fourth-order valence-electron chi connectivity index (χ4n) is 1.72. The SMILES string of the molecule is CCOCCOCC(O)CN[C@@H](C)c1ccc(Br)cc1. The van der Waals surface area contributed by atoms with Crippen molar-refractivity contribution >= 4 is 15.9 Å². The van der Waals surface area contributed by atoms with Crippen molar-refractivity contribution in [3.63, 3.8) is 0 Å². The van der Waals surface area contributed by atoms with Crippen LogP contribution in [0.5, 0.6) is 0 Å². The van der Waals surface area contributed by atoms with Gasteiger partial charge in [-0.1, -0.05) is 28.1 Å². The van der Waals surface area contributed by atoms with Crippen molar-refractivity contribution in [2.24, 2.45) is 0 Å². The van der Waals surface area contributed by atoms with Crippen molar-refractivity contribution in [3.05, 3.63) is 34.3 Å². The lowest BCUT2D eigenvalue weighted by atomic mass is 10.1. The predicted octanol–water partition coefficient (Wildman–Crippen LogP) is 2.51. The number of rotatable bonds is 10. The molecular weight excluding hydrogens is 322 g/mol. The van der Waals surface area contributed by atoms with Crippen LogP contribution < -0.4 is 5.32 Å². The molecule has 0 saturated heterocycles. The van der Waals surface area contributed by atoms with Crippen molar-refractivity contribution in [1.29, 1.82) is 0 Å². The summed E-state index contributed by atoms with van der Waals surface area (Å²) < 4.78 is 11.6. The number of aliphatic hydroxyl groups excluding tert-OH is 1. The molecule has 0 spiro atoms. The van der Waals surface area contributed by atoms with Gasteiger partial charge in [0.15, 0.2) is 0 Å². The lowest BCUT2D eigenvalue weighted by Gasteiger charge is -2.17. The number of ether oxygens (including phenoxy) is 2. The molecule has 5 heteroatoms. The first-order chi connectivity index (χ1) is 9.63. The van der Waals surface area contributed by atoms with E-state index >= 15 is 0 Å². The van der Waals surface area contributed by atoms with Gasteiger partial charge in [-0.05, 0) is 31.5 Å². The van der Waals surface area contributed by atoms with Gasteiger partial charge in [0.2, 0.25) is 0 Å². The van der Waals surface area contributed by atoms with Crippen molar-refractivity contribution in [2.75, 3.05) is 33.0 Å². The van der Waals surface area contributed by atoms with Crippen LogP contribution in [0.25, 0.3) is 0 Å². The van der Waals surface area contributed by atoms with Crippen molar-refractivity contribution in [2.45, 2.75) is 26.0 Å². The molecule has 0 radical (unpaired) electrons. The second-order valence-electron chi connectivity index (χ2n) is 4.61. The molecule has 0 aromatic heterocycles. The smallest absolute Gasteiger partial charge is 0.0897 e. The minimum absolute atomic E-state index is 0.196. The summed E-state index contributed by atoms with van der Waals surface area (Å²) in [4.78, 5) is 0. The Kier molecular flexibility index (Phi) is 9.05. The first-order valence-corrected chi connectivity index (χ1v) is 7.75. The van der Waals surface area contributed by atoms with E-state index in [-0.39, 0.29) is 6.04 Å². The van der Waals surface area contributed by atoms with Crippen LogP contribution in [0, 0.1) is 0 Å². The number of hydrogen-bond acceptors (Lipinski definition) is 4. The number of benzene rings is 1. The molecule has 2 atom stereocenters. The van der Waals surface area contributed by atoms with Crippen LogP contribution in [0.4, 0.5) is 0 Å². The standard InChI is InChI=1S/C15H24BrNO3/c1-3-19-8-9-20-11-15(18)10-17-12(2)13-4-6-14(16)7-5-13/h4-7,12,15,17-18H,3,8-11H2,1-2H3/t12-,15?/m0/s1. The third-order valence-corrected chi connectivity index (χ3v) is 3.44. The van der Waals surface area contributed by atoms with Crippen molar-refractivity contribution in [3.8, 4) is 0 Å². The Labute approximate surface area is 129 Å². The van der Waals surface area contributed by atoms with Gasteiger partial charge in [-0.2, -0.15) is 0 Å². The van der Waals surface area contributed by atoms with Gasteiger partial charge in [0.05, 0.1) is 25.9 Å². The second-order valence-corrected chi connectivity index (χ2v) is 5.52. The Morgan fingerprint density at radius 1 is 1.20 bits per heavy atom. The highest BCUT2D eigenvalue weighted by Crippen LogP contribution is 2.16. The van der Waals surface area contributed by atoms with Gasteiger partial charge in [-0.3, -0.25) is 0 Å². The van der Waals surface area contributed by atoms with E-state index in [1.807, 2.05) is 19.1 Å². The highest BCUT2D eigenvalue weighted by molar-refractivity contribution is 9.10. The molecule has 1 aromatic rings. The van der Waals surface area contributed by atoms with Crippen LogP contribution in [0.2, 0.25) is 0 Å². The zero-order valence-corrected chi connectivity index (χ0v) is 13.7. The molecule has 1 rings (SSSR count). The lowest BCUT2D eigenvalue weighted by molar-refractivity contribution is 0.00586. The number of aliphatic hydroxyl groups is 1. The fourth-order valence-corrected chi connectivity index (χ4v) is 1.99. The van der Waals surface area contributed by atoms with E-state index in [2.05, 4.69) is 40.3 Å². The van der Waals surface area contributed by atoms with E-state index in [4.69, 9.17) is 9.47 Å². The Morgan fingerprint density at radius 2 is 1.85 bits per heavy atom. The zero-order valence-electron chi connectivity index (χ0n) is 12.1. The third-order valence-electron chi connectivity index (χ3n) is 2.92. The minimum Gasteiger partial charge on any atom is -0.389 e. The number of nitrogens with one attached hydrogen (secondary N) is 1. The molecule has 20 heavy (non-hydrogen) atoms. The average molecular weight is 346 g/mol. The molecule has 0 amide bonds. The molecular formula is C15H24BrNO3. The summed E-state index contributed by atoms with van der Waals surface area (Å²) in [5.74, 6) is 0. The van der Waals surface area contributed by atoms with Crippen LogP contribution in [0.15, 0.2) is 28.7 Å². The summed E-state index contributed by atoms with van der Waals surface area (Å²) in [5.41, 5.74) is 1.19. The molecule has 0 heterocycles. The Hall–Kier alpha value is -0.460. The van der Waals surface area contributed by atoms with Gasteiger partial charge in [-0.15, -0.1) is 0 Å². The predicted molar refractivity (Wildman–Crippen MR) is 83.9 cm³/mol. The van der Waals surface area contributed by atoms with Crippen LogP contribution in [0.1, 0.15) is 25.5 Å². The molecule has 0 aliphatic heterocycles. The Bertz CT molecular complexity index is 359. The topological polar surface area (TPSA) is 50.7 Å². The summed E-state index contributed by atoms with van der Waals surface area (Å²) >= 11 is 3.42. The first-order valence-electron chi connectivity index (χ1n) is 6.96. The quantitative estimate of drug-likeness (QED) is 0.639. The first kappa shape index (κ1) is 17.6. The van der Waals surface area contributed by atoms with Crippen molar-refractivity contribution < 1.29 is 14.6 Å². The summed E-state index contributed by atoms with van der Waals surface area (Å²) in [5, 5.41) is 13.1. The van der Waals surface area contributed by atoms with E-state index in [0.29, 0.717) is 33.0 Å². The Balaban J connectivity index is 2.16. The molecule has 114 valence electrons. The van der Waals surface area contributed by atoms with Gasteiger partial charge >= 0.3 is 0 Å². The maximum Gasteiger partial charge on any atom is 0.0897 e. The summed E-state index contributed by atoms with van der Waals surface area (Å²) in [6.07, 6.45) is -0.505. The van der Waals surface area contributed by atoms with E-state index < -0.39 is 6.10 Å². The molecule has 0 bridgehead atoms. The maximum atomic E-state index is 9.81. The number of halogens is 1. The molecule has 1 aromatic carbocycles. The zero-order chi connectivity index (χ0) is 14.8. The summed E-state index contributed by atoms with van der Waals surface area (Å²) in [7, 11) is 0. The largest absolute Gasteiger partial charge is 0.389 e. The molecule has 0 aliphatic carbocycles. The average Bonchev–Trinajstić information content (AvgIpc) is 2.45. The fraction of sp³-hybridized carbons (Fsp3) is 0.600. The van der Waals surface area contributed by atoms with E-state index in [1.165, 1.54) is 5.56 Å². The molecule has 0 aliphatic rings. The molecule has 0 fully saturated rings. The van der Waals surface area contributed by atoms with Crippen LogP contribution in [-0.2, 0) is 9.47 Å². The van der Waals surface area contributed by atoms with E-state index in [0.717, 1.165) is 4.47 Å². The van der Waals surface area contributed by atoms with Gasteiger partial charge in [0.25, 0.3) is 0 Å². The molecule has 0 saturated carbocycles. The molecule has 2 N–H and O–H groups in total. The van der Waals surface area contributed by atoms with E-state index in [1.54, 1.807) is 0 Å². The molecule has 1 unspecified atom stereocenters. The van der Waals surface area contributed by atoms with Gasteiger partial charge in [-0.25, -0.2) is 0 Å². The van der Waals surface area contributed by atoms with Crippen LogP contribution in [-0.4, -0.2) is 44.2 Å². The van der Waals surface area contributed by atoms with Gasteiger partial charge in [0.1, 0.15) is 0 Å².